The number of aryl methyl sites for hydroxylation is 2. The maximum absolute atomic E-state index is 12.6. The summed E-state index contributed by atoms with van der Waals surface area (Å²) in [5, 5.41) is 13.5. The smallest absolute Gasteiger partial charge is 0.237 e. The molecule has 1 aromatic carbocycles. The topological polar surface area (TPSA) is 78.7 Å². The van der Waals surface area contributed by atoms with Crippen LogP contribution in [0.4, 0.5) is 5.69 Å². The average Bonchev–Trinajstić information content (AvgIpc) is 3.08. The van der Waals surface area contributed by atoms with E-state index in [1.54, 1.807) is 41.9 Å². The maximum atomic E-state index is 12.6. The number of thioether (sulfide) groups is 1. The van der Waals surface area contributed by atoms with Crippen LogP contribution >= 0.6 is 23.1 Å². The van der Waals surface area contributed by atoms with Crippen molar-refractivity contribution in [1.82, 2.24) is 9.97 Å². The van der Waals surface area contributed by atoms with E-state index in [2.05, 4.69) is 21.4 Å². The molecule has 0 bridgehead atoms. The Kier molecular flexibility index (Phi) is 5.10. The molecule has 1 N–H and O–H groups in total. The van der Waals surface area contributed by atoms with Gasteiger partial charge in [0.2, 0.25) is 5.91 Å². The molecule has 2 aromatic heterocycles. The number of aromatic nitrogens is 2. The van der Waals surface area contributed by atoms with Gasteiger partial charge in [0.05, 0.1) is 16.9 Å². The minimum atomic E-state index is -0.294. The van der Waals surface area contributed by atoms with Crippen molar-refractivity contribution in [3.05, 3.63) is 46.6 Å². The molecule has 1 aliphatic carbocycles. The highest BCUT2D eigenvalue weighted by molar-refractivity contribution is 8.00. The fraction of sp³-hybridized carbons (Fsp3) is 0.300. The zero-order valence-electron chi connectivity index (χ0n) is 14.9. The summed E-state index contributed by atoms with van der Waals surface area (Å²) in [5.74, 6) is -0.0828. The van der Waals surface area contributed by atoms with Gasteiger partial charge in [0.15, 0.2) is 0 Å². The Balaban J connectivity index is 1.53. The lowest BCUT2D eigenvalue weighted by atomic mass is 9.97. The number of hydrogen-bond donors (Lipinski definition) is 1. The molecule has 136 valence electrons. The van der Waals surface area contributed by atoms with E-state index in [-0.39, 0.29) is 11.2 Å². The standard InChI is InChI=1S/C20H18N4OS2/c1-12(18(25)24-14-8-6-13(10-21)7-9-14)26-19-17-15-4-2-3-5-16(15)27-20(17)23-11-22-19/h6-9,11-12H,2-5H2,1H3,(H,24,25)/t12-/m0/s1. The molecule has 2 heterocycles. The molecular weight excluding hydrogens is 376 g/mol. The predicted molar refractivity (Wildman–Crippen MR) is 109 cm³/mol. The molecular formula is C20H18N4OS2. The third-order valence-electron chi connectivity index (χ3n) is 4.66. The molecule has 1 aliphatic rings. The zero-order valence-corrected chi connectivity index (χ0v) is 16.5. The number of benzene rings is 1. The van der Waals surface area contributed by atoms with Crippen molar-refractivity contribution in [2.75, 3.05) is 5.32 Å². The summed E-state index contributed by atoms with van der Waals surface area (Å²) in [6.45, 7) is 1.89. The molecule has 0 aliphatic heterocycles. The highest BCUT2D eigenvalue weighted by Crippen LogP contribution is 2.40. The molecule has 0 spiro atoms. The van der Waals surface area contributed by atoms with Gasteiger partial charge in [0.1, 0.15) is 16.2 Å². The van der Waals surface area contributed by atoms with Crippen molar-refractivity contribution in [1.29, 1.82) is 5.26 Å². The van der Waals surface area contributed by atoms with Gasteiger partial charge < -0.3 is 5.32 Å². The second kappa shape index (κ2) is 7.67. The largest absolute Gasteiger partial charge is 0.325 e. The van der Waals surface area contributed by atoms with Crippen molar-refractivity contribution < 1.29 is 4.79 Å². The van der Waals surface area contributed by atoms with Crippen LogP contribution in [0, 0.1) is 11.3 Å². The summed E-state index contributed by atoms with van der Waals surface area (Å²) in [4.78, 5) is 24.0. The maximum Gasteiger partial charge on any atom is 0.237 e. The predicted octanol–water partition coefficient (Wildman–Crippen LogP) is 4.56. The number of nitriles is 1. The van der Waals surface area contributed by atoms with Gasteiger partial charge in [0.25, 0.3) is 0 Å². The highest BCUT2D eigenvalue weighted by Gasteiger charge is 2.23. The van der Waals surface area contributed by atoms with Crippen LogP contribution in [0.2, 0.25) is 0 Å². The highest BCUT2D eigenvalue weighted by atomic mass is 32.2. The lowest BCUT2D eigenvalue weighted by Crippen LogP contribution is -2.22. The number of carbonyl (C=O) groups is 1. The van der Waals surface area contributed by atoms with E-state index in [1.807, 2.05) is 6.92 Å². The van der Waals surface area contributed by atoms with Crippen LogP contribution in [0.3, 0.4) is 0 Å². The van der Waals surface area contributed by atoms with Crippen molar-refractivity contribution in [3.8, 4) is 6.07 Å². The number of carbonyl (C=O) groups excluding carboxylic acids is 1. The van der Waals surface area contributed by atoms with E-state index in [1.165, 1.54) is 35.0 Å². The Morgan fingerprint density at radius 2 is 2.04 bits per heavy atom. The number of anilines is 1. The van der Waals surface area contributed by atoms with Crippen LogP contribution in [0.1, 0.15) is 35.8 Å². The van der Waals surface area contributed by atoms with E-state index in [9.17, 15) is 4.79 Å². The van der Waals surface area contributed by atoms with Gasteiger partial charge in [0, 0.05) is 16.0 Å². The third-order valence-corrected chi connectivity index (χ3v) is 6.96. The van der Waals surface area contributed by atoms with Crippen LogP contribution in [0.5, 0.6) is 0 Å². The fourth-order valence-corrected chi connectivity index (χ4v) is 5.48. The van der Waals surface area contributed by atoms with E-state index >= 15 is 0 Å². The Labute approximate surface area is 165 Å². The second-order valence-electron chi connectivity index (χ2n) is 6.51. The number of thiophene rings is 1. The number of amides is 1. The number of nitrogens with zero attached hydrogens (tertiary/aromatic N) is 3. The van der Waals surface area contributed by atoms with Crippen molar-refractivity contribution >= 4 is 44.9 Å². The molecule has 0 saturated heterocycles. The summed E-state index contributed by atoms with van der Waals surface area (Å²) in [7, 11) is 0. The van der Waals surface area contributed by atoms with Crippen molar-refractivity contribution in [3.63, 3.8) is 0 Å². The molecule has 0 saturated carbocycles. The van der Waals surface area contributed by atoms with E-state index in [0.717, 1.165) is 28.1 Å². The summed E-state index contributed by atoms with van der Waals surface area (Å²) in [5.41, 5.74) is 2.64. The first-order valence-corrected chi connectivity index (χ1v) is 10.6. The minimum absolute atomic E-state index is 0.0828. The van der Waals surface area contributed by atoms with Gasteiger partial charge in [-0.1, -0.05) is 11.8 Å². The van der Waals surface area contributed by atoms with Gasteiger partial charge in [-0.15, -0.1) is 11.3 Å². The number of fused-ring (bicyclic) bond motifs is 3. The van der Waals surface area contributed by atoms with Crippen LogP contribution < -0.4 is 5.32 Å². The first-order valence-electron chi connectivity index (χ1n) is 8.88. The fourth-order valence-electron chi connectivity index (χ4n) is 3.24. The summed E-state index contributed by atoms with van der Waals surface area (Å²) >= 11 is 3.24. The molecule has 0 fully saturated rings. The molecule has 27 heavy (non-hydrogen) atoms. The summed E-state index contributed by atoms with van der Waals surface area (Å²) < 4.78 is 0. The molecule has 0 unspecified atom stereocenters. The monoisotopic (exact) mass is 394 g/mol. The first-order chi connectivity index (χ1) is 13.2. The number of rotatable bonds is 4. The normalized spacial score (nSPS) is 14.4. The molecule has 7 heteroatoms. The molecule has 1 atom stereocenters. The van der Waals surface area contributed by atoms with Crippen molar-refractivity contribution in [2.45, 2.75) is 42.9 Å². The summed E-state index contributed by atoms with van der Waals surface area (Å²) in [6.07, 6.45) is 6.22. The number of nitrogens with one attached hydrogen (secondary N) is 1. The molecule has 5 nitrogen and oxygen atoms in total. The molecule has 1 amide bonds. The lowest BCUT2D eigenvalue weighted by Gasteiger charge is -2.14. The number of hydrogen-bond acceptors (Lipinski definition) is 6. The van der Waals surface area contributed by atoms with Crippen LogP contribution in [0.25, 0.3) is 10.2 Å². The average molecular weight is 395 g/mol. The van der Waals surface area contributed by atoms with Crippen LogP contribution in [-0.2, 0) is 17.6 Å². The van der Waals surface area contributed by atoms with Gasteiger partial charge >= 0.3 is 0 Å². The van der Waals surface area contributed by atoms with Crippen LogP contribution in [-0.4, -0.2) is 21.1 Å². The Bertz CT molecular complexity index is 1040. The SMILES string of the molecule is C[C@H](Sc1ncnc2sc3c(c12)CCCC3)C(=O)Nc1ccc(C#N)cc1. The van der Waals surface area contributed by atoms with E-state index in [0.29, 0.717) is 11.3 Å². The van der Waals surface area contributed by atoms with Crippen LogP contribution in [0.15, 0.2) is 35.6 Å². The second-order valence-corrected chi connectivity index (χ2v) is 8.92. The van der Waals surface area contributed by atoms with E-state index in [4.69, 9.17) is 5.26 Å². The third kappa shape index (κ3) is 3.68. The lowest BCUT2D eigenvalue weighted by molar-refractivity contribution is -0.115. The Hall–Kier alpha value is -2.43. The quantitative estimate of drug-likeness (QED) is 0.518. The van der Waals surface area contributed by atoms with E-state index < -0.39 is 0 Å². The minimum Gasteiger partial charge on any atom is -0.325 e. The zero-order chi connectivity index (χ0) is 18.8. The Morgan fingerprint density at radius 3 is 2.81 bits per heavy atom. The van der Waals surface area contributed by atoms with Gasteiger partial charge in [-0.2, -0.15) is 5.26 Å². The summed E-state index contributed by atoms with van der Waals surface area (Å²) in [6, 6.07) is 8.94. The first kappa shape index (κ1) is 18.0. The molecule has 4 rings (SSSR count). The van der Waals surface area contributed by atoms with Gasteiger partial charge in [-0.3, -0.25) is 4.79 Å². The molecule has 0 radical (unpaired) electrons. The van der Waals surface area contributed by atoms with Crippen molar-refractivity contribution in [2.24, 2.45) is 0 Å². The van der Waals surface area contributed by atoms with Gasteiger partial charge in [-0.25, -0.2) is 9.97 Å². The van der Waals surface area contributed by atoms with Gasteiger partial charge in [-0.05, 0) is 62.4 Å². The molecule has 3 aromatic rings. The Morgan fingerprint density at radius 1 is 1.26 bits per heavy atom.